The number of ether oxygens (including phenoxy) is 2. The number of methoxy groups -OCH3 is 1. The van der Waals surface area contributed by atoms with Gasteiger partial charge in [0, 0.05) is 32.0 Å². The molecule has 0 spiro atoms. The molecule has 1 unspecified atom stereocenters. The Bertz CT molecular complexity index is 1200. The van der Waals surface area contributed by atoms with E-state index >= 15 is 0 Å². The second-order valence-corrected chi connectivity index (χ2v) is 8.53. The molecule has 176 valence electrons. The van der Waals surface area contributed by atoms with E-state index in [2.05, 4.69) is 17.0 Å². The van der Waals surface area contributed by atoms with Crippen LogP contribution in [0.2, 0.25) is 0 Å². The monoisotopic (exact) mass is 459 g/mol. The van der Waals surface area contributed by atoms with Crippen LogP contribution < -0.4 is 9.64 Å². The summed E-state index contributed by atoms with van der Waals surface area (Å²) in [5.41, 5.74) is 4.78. The van der Waals surface area contributed by atoms with Gasteiger partial charge in [0.2, 0.25) is 5.91 Å². The van der Waals surface area contributed by atoms with Gasteiger partial charge in [-0.1, -0.05) is 18.2 Å². The smallest absolute Gasteiger partial charge is 0.240 e. The van der Waals surface area contributed by atoms with E-state index in [1.54, 1.807) is 19.0 Å². The molecular weight excluding hydrogens is 430 g/mol. The Morgan fingerprint density at radius 1 is 1.06 bits per heavy atom. The van der Waals surface area contributed by atoms with E-state index in [0.29, 0.717) is 19.6 Å². The molecule has 2 aliphatic rings. The number of hydrogen-bond donors (Lipinski definition) is 0. The first-order chi connectivity index (χ1) is 16.6. The minimum atomic E-state index is -0.232. The predicted octanol–water partition coefficient (Wildman–Crippen LogP) is 3.72. The topological polar surface area (TPSA) is 72.2 Å². The standard InChI is InChI=1S/C26H29N5O3/c1-18-25(24-17-23(28-30(24)19(2)32)20-9-11-22(33-3)12-10-20)26(29-13-15-34-16-14-29)31(27-18)21-7-5-4-6-8-21/h4-12,24H,13-17H2,1-3H3. The lowest BCUT2D eigenvalue weighted by molar-refractivity contribution is -0.130. The summed E-state index contributed by atoms with van der Waals surface area (Å²) in [6.07, 6.45) is 0.616. The fourth-order valence-electron chi connectivity index (χ4n) is 4.73. The van der Waals surface area contributed by atoms with Gasteiger partial charge >= 0.3 is 0 Å². The van der Waals surface area contributed by atoms with Gasteiger partial charge in [-0.2, -0.15) is 10.2 Å². The Balaban J connectivity index is 1.59. The summed E-state index contributed by atoms with van der Waals surface area (Å²) in [4.78, 5) is 15.0. The number of aromatic nitrogens is 2. The van der Waals surface area contributed by atoms with Crippen LogP contribution in [0.15, 0.2) is 59.7 Å². The van der Waals surface area contributed by atoms with Gasteiger partial charge < -0.3 is 14.4 Å². The lowest BCUT2D eigenvalue weighted by Crippen LogP contribution is -2.38. The second-order valence-electron chi connectivity index (χ2n) is 8.53. The molecule has 34 heavy (non-hydrogen) atoms. The second kappa shape index (κ2) is 9.30. The quantitative estimate of drug-likeness (QED) is 0.582. The average Bonchev–Trinajstić information content (AvgIpc) is 3.46. The number of hydrazone groups is 1. The maximum atomic E-state index is 12.7. The molecule has 8 heteroatoms. The third-order valence-electron chi connectivity index (χ3n) is 6.38. The SMILES string of the molecule is COc1ccc(C2=NN(C(C)=O)C(c3c(C)nn(-c4ccccc4)c3N3CCOCC3)C2)cc1. The summed E-state index contributed by atoms with van der Waals surface area (Å²) >= 11 is 0. The number of carbonyl (C=O) groups is 1. The number of morpholine rings is 1. The Kier molecular flexibility index (Phi) is 6.06. The van der Waals surface area contributed by atoms with Crippen LogP contribution in [-0.4, -0.2) is 59.8 Å². The molecule has 8 nitrogen and oxygen atoms in total. The fraction of sp³-hybridized carbons (Fsp3) is 0.346. The number of para-hydroxylation sites is 1. The van der Waals surface area contributed by atoms with Crippen LogP contribution in [0.1, 0.15) is 36.2 Å². The number of carbonyl (C=O) groups excluding carboxylic acids is 1. The summed E-state index contributed by atoms with van der Waals surface area (Å²) in [6.45, 7) is 6.44. The van der Waals surface area contributed by atoms with Crippen molar-refractivity contribution >= 4 is 17.4 Å². The lowest BCUT2D eigenvalue weighted by atomic mass is 9.97. The highest BCUT2D eigenvalue weighted by Crippen LogP contribution is 2.41. The summed E-state index contributed by atoms with van der Waals surface area (Å²) in [5.74, 6) is 1.71. The zero-order valence-electron chi connectivity index (χ0n) is 19.8. The van der Waals surface area contributed by atoms with Crippen LogP contribution in [0.4, 0.5) is 5.82 Å². The van der Waals surface area contributed by atoms with Gasteiger partial charge in [-0.05, 0) is 48.9 Å². The molecule has 3 aromatic rings. The highest BCUT2D eigenvalue weighted by molar-refractivity contribution is 6.03. The first-order valence-corrected chi connectivity index (χ1v) is 11.6. The predicted molar refractivity (Wildman–Crippen MR) is 131 cm³/mol. The largest absolute Gasteiger partial charge is 0.497 e. The molecule has 1 amide bonds. The van der Waals surface area contributed by atoms with Crippen LogP contribution in [0, 0.1) is 6.92 Å². The van der Waals surface area contributed by atoms with Gasteiger partial charge in [-0.25, -0.2) is 9.69 Å². The molecule has 3 heterocycles. The molecule has 1 atom stereocenters. The van der Waals surface area contributed by atoms with E-state index in [4.69, 9.17) is 19.7 Å². The van der Waals surface area contributed by atoms with E-state index in [1.165, 1.54) is 0 Å². The minimum Gasteiger partial charge on any atom is -0.497 e. The maximum absolute atomic E-state index is 12.7. The van der Waals surface area contributed by atoms with Crippen molar-refractivity contribution < 1.29 is 14.3 Å². The van der Waals surface area contributed by atoms with Crippen molar-refractivity contribution in [3.05, 3.63) is 71.4 Å². The molecule has 0 radical (unpaired) electrons. The molecule has 2 aliphatic heterocycles. The van der Waals surface area contributed by atoms with Crippen molar-refractivity contribution in [3.63, 3.8) is 0 Å². The number of benzene rings is 2. The van der Waals surface area contributed by atoms with Gasteiger partial charge in [0.1, 0.15) is 11.6 Å². The third kappa shape index (κ3) is 4.05. The number of rotatable bonds is 5. The zero-order chi connectivity index (χ0) is 23.7. The summed E-state index contributed by atoms with van der Waals surface area (Å²) in [7, 11) is 1.65. The molecule has 1 saturated heterocycles. The molecule has 1 aromatic heterocycles. The van der Waals surface area contributed by atoms with E-state index in [9.17, 15) is 4.79 Å². The first kappa shape index (κ1) is 22.2. The molecule has 0 bridgehead atoms. The average molecular weight is 460 g/mol. The first-order valence-electron chi connectivity index (χ1n) is 11.6. The van der Waals surface area contributed by atoms with Crippen LogP contribution in [-0.2, 0) is 9.53 Å². The van der Waals surface area contributed by atoms with Crippen molar-refractivity contribution in [2.24, 2.45) is 5.10 Å². The molecule has 0 aliphatic carbocycles. The number of aryl methyl sites for hydroxylation is 1. The van der Waals surface area contributed by atoms with E-state index < -0.39 is 0 Å². The van der Waals surface area contributed by atoms with Gasteiger partial charge in [-0.15, -0.1) is 0 Å². The van der Waals surface area contributed by atoms with Crippen molar-refractivity contribution in [1.82, 2.24) is 14.8 Å². The van der Waals surface area contributed by atoms with E-state index in [1.807, 2.05) is 54.1 Å². The highest BCUT2D eigenvalue weighted by Gasteiger charge is 2.38. The Morgan fingerprint density at radius 2 is 1.76 bits per heavy atom. The van der Waals surface area contributed by atoms with Crippen LogP contribution in [0.3, 0.4) is 0 Å². The third-order valence-corrected chi connectivity index (χ3v) is 6.38. The van der Waals surface area contributed by atoms with Crippen molar-refractivity contribution in [3.8, 4) is 11.4 Å². The van der Waals surface area contributed by atoms with E-state index in [-0.39, 0.29) is 11.9 Å². The zero-order valence-corrected chi connectivity index (χ0v) is 19.8. The molecule has 1 fully saturated rings. The molecular formula is C26H29N5O3. The van der Waals surface area contributed by atoms with Gasteiger partial charge in [0.15, 0.2) is 0 Å². The van der Waals surface area contributed by atoms with Crippen molar-refractivity contribution in [2.45, 2.75) is 26.3 Å². The Labute approximate surface area is 199 Å². The molecule has 0 N–H and O–H groups in total. The Morgan fingerprint density at radius 3 is 2.41 bits per heavy atom. The molecule has 5 rings (SSSR count). The fourth-order valence-corrected chi connectivity index (χ4v) is 4.73. The van der Waals surface area contributed by atoms with Gasteiger partial charge in [0.25, 0.3) is 0 Å². The summed E-state index contributed by atoms with van der Waals surface area (Å²) in [5, 5.41) is 11.3. The normalized spacial score (nSPS) is 18.2. The maximum Gasteiger partial charge on any atom is 0.240 e. The molecule has 0 saturated carbocycles. The highest BCUT2D eigenvalue weighted by atomic mass is 16.5. The van der Waals surface area contributed by atoms with Crippen LogP contribution in [0.25, 0.3) is 5.69 Å². The van der Waals surface area contributed by atoms with E-state index in [0.717, 1.165) is 52.9 Å². The molecule has 2 aromatic carbocycles. The van der Waals surface area contributed by atoms with Crippen molar-refractivity contribution in [1.29, 1.82) is 0 Å². The Hall–Kier alpha value is -3.65. The van der Waals surface area contributed by atoms with Crippen LogP contribution in [0.5, 0.6) is 5.75 Å². The number of anilines is 1. The number of hydrogen-bond acceptors (Lipinski definition) is 6. The summed E-state index contributed by atoms with van der Waals surface area (Å²) < 4.78 is 12.9. The van der Waals surface area contributed by atoms with Crippen molar-refractivity contribution in [2.75, 3.05) is 38.3 Å². The minimum absolute atomic E-state index is 0.0895. The van der Waals surface area contributed by atoms with Gasteiger partial charge in [0.05, 0.1) is 43.5 Å². The van der Waals surface area contributed by atoms with Crippen LogP contribution >= 0.6 is 0 Å². The summed E-state index contributed by atoms with van der Waals surface area (Å²) in [6, 6.07) is 17.7. The number of amides is 1. The lowest BCUT2D eigenvalue weighted by Gasteiger charge is -2.32. The van der Waals surface area contributed by atoms with Gasteiger partial charge in [-0.3, -0.25) is 4.79 Å². The number of nitrogens with zero attached hydrogens (tertiary/aromatic N) is 5.